The number of hydrogen-bond acceptors (Lipinski definition) is 4. The summed E-state index contributed by atoms with van der Waals surface area (Å²) in [6.07, 6.45) is 0. The Balaban J connectivity index is 2.08. The number of halogens is 1. The molecule has 0 aliphatic rings. The molecule has 4 N–H and O–H groups in total. The summed E-state index contributed by atoms with van der Waals surface area (Å²) in [6, 6.07) is 9.22. The Bertz CT molecular complexity index is 754. The van der Waals surface area contributed by atoms with Crippen LogP contribution >= 0.6 is 0 Å². The van der Waals surface area contributed by atoms with E-state index in [9.17, 15) is 14.3 Å². The fraction of sp³-hybridized carbons (Fsp3) is 0.278. The van der Waals surface area contributed by atoms with Crippen molar-refractivity contribution in [2.45, 2.75) is 26.0 Å². The van der Waals surface area contributed by atoms with Gasteiger partial charge in [-0.05, 0) is 43.7 Å². The summed E-state index contributed by atoms with van der Waals surface area (Å²) in [5.74, 6) is -0.664. The molecule has 0 atom stereocenters. The van der Waals surface area contributed by atoms with Crippen LogP contribution in [0, 0.1) is 5.82 Å². The van der Waals surface area contributed by atoms with Crippen molar-refractivity contribution in [1.29, 1.82) is 0 Å². The molecule has 2 aromatic carbocycles. The summed E-state index contributed by atoms with van der Waals surface area (Å²) in [4.78, 5) is 12.2. The number of aliphatic hydroxyl groups is 1. The molecule has 0 radical (unpaired) electrons. The van der Waals surface area contributed by atoms with Gasteiger partial charge in [0.05, 0.1) is 12.7 Å². The predicted octanol–water partition coefficient (Wildman–Crippen LogP) is 2.57. The van der Waals surface area contributed by atoms with Crippen molar-refractivity contribution in [2.24, 2.45) is 0 Å². The first-order valence-electron chi connectivity index (χ1n) is 7.45. The largest absolute Gasteiger partial charge is 0.494 e. The number of hydrogen-bond donors (Lipinski definition) is 3. The van der Waals surface area contributed by atoms with Crippen LogP contribution in [0.4, 0.5) is 10.1 Å². The SMILES string of the molecule is COc1ccc(CNC(=O)c2ccc(C(C)(C)O)c(N)c2)cc1F. The van der Waals surface area contributed by atoms with Gasteiger partial charge in [-0.15, -0.1) is 0 Å². The quantitative estimate of drug-likeness (QED) is 0.735. The highest BCUT2D eigenvalue weighted by Gasteiger charge is 2.20. The van der Waals surface area contributed by atoms with Gasteiger partial charge in [0.25, 0.3) is 5.91 Å². The van der Waals surface area contributed by atoms with Crippen LogP contribution in [-0.2, 0) is 12.1 Å². The minimum atomic E-state index is -1.08. The van der Waals surface area contributed by atoms with Gasteiger partial charge in [-0.1, -0.05) is 12.1 Å². The molecule has 0 spiro atoms. The normalized spacial score (nSPS) is 11.2. The van der Waals surface area contributed by atoms with Crippen LogP contribution in [-0.4, -0.2) is 18.1 Å². The zero-order valence-electron chi connectivity index (χ0n) is 13.9. The zero-order valence-corrected chi connectivity index (χ0v) is 13.9. The molecule has 2 rings (SSSR count). The van der Waals surface area contributed by atoms with Crippen LogP contribution in [0.2, 0.25) is 0 Å². The second-order valence-corrected chi connectivity index (χ2v) is 6.01. The Morgan fingerprint density at radius 1 is 1.29 bits per heavy atom. The van der Waals surface area contributed by atoms with E-state index in [1.54, 1.807) is 32.0 Å². The molecule has 0 heterocycles. The third-order valence-electron chi connectivity index (χ3n) is 3.64. The molecule has 5 nitrogen and oxygen atoms in total. The molecule has 0 bridgehead atoms. The van der Waals surface area contributed by atoms with Crippen molar-refractivity contribution < 1.29 is 19.0 Å². The highest BCUT2D eigenvalue weighted by molar-refractivity contribution is 5.95. The van der Waals surface area contributed by atoms with Crippen LogP contribution in [0.15, 0.2) is 36.4 Å². The Morgan fingerprint density at radius 3 is 2.54 bits per heavy atom. The first-order valence-corrected chi connectivity index (χ1v) is 7.45. The highest BCUT2D eigenvalue weighted by atomic mass is 19.1. The van der Waals surface area contributed by atoms with Crippen LogP contribution in [0.5, 0.6) is 5.75 Å². The lowest BCUT2D eigenvalue weighted by molar-refractivity contribution is 0.0792. The van der Waals surface area contributed by atoms with Crippen molar-refractivity contribution in [2.75, 3.05) is 12.8 Å². The Hall–Kier alpha value is -2.60. The van der Waals surface area contributed by atoms with Crippen molar-refractivity contribution in [1.82, 2.24) is 5.32 Å². The molecule has 0 fully saturated rings. The number of benzene rings is 2. The minimum absolute atomic E-state index is 0.153. The molecule has 24 heavy (non-hydrogen) atoms. The van der Waals surface area contributed by atoms with Crippen LogP contribution in [0.25, 0.3) is 0 Å². The first-order chi connectivity index (χ1) is 11.2. The summed E-state index contributed by atoms with van der Waals surface area (Å²) in [7, 11) is 1.39. The summed E-state index contributed by atoms with van der Waals surface area (Å²) in [6.45, 7) is 3.42. The maximum Gasteiger partial charge on any atom is 0.251 e. The summed E-state index contributed by atoms with van der Waals surface area (Å²) in [5, 5.41) is 12.7. The Kier molecular flexibility index (Phi) is 5.09. The lowest BCUT2D eigenvalue weighted by Crippen LogP contribution is -2.24. The average Bonchev–Trinajstić information content (AvgIpc) is 2.51. The van der Waals surface area contributed by atoms with Crippen LogP contribution in [0.1, 0.15) is 35.3 Å². The number of carbonyl (C=O) groups is 1. The van der Waals surface area contributed by atoms with E-state index in [1.807, 2.05) is 0 Å². The van der Waals surface area contributed by atoms with Gasteiger partial charge >= 0.3 is 0 Å². The van der Waals surface area contributed by atoms with Gasteiger partial charge in [-0.2, -0.15) is 0 Å². The van der Waals surface area contributed by atoms with Crippen molar-refractivity contribution in [3.05, 3.63) is 58.9 Å². The fourth-order valence-electron chi connectivity index (χ4n) is 2.37. The molecular formula is C18H21FN2O3. The van der Waals surface area contributed by atoms with E-state index in [4.69, 9.17) is 10.5 Å². The number of carbonyl (C=O) groups excluding carboxylic acids is 1. The lowest BCUT2D eigenvalue weighted by atomic mass is 9.95. The third kappa shape index (κ3) is 4.02. The van der Waals surface area contributed by atoms with E-state index < -0.39 is 11.4 Å². The standard InChI is InChI=1S/C18H21FN2O3/c1-18(2,23)13-6-5-12(9-15(13)20)17(22)21-10-11-4-7-16(24-3)14(19)8-11/h4-9,23H,10,20H2,1-3H3,(H,21,22). The van der Waals surface area contributed by atoms with E-state index >= 15 is 0 Å². The molecule has 0 unspecified atom stereocenters. The summed E-state index contributed by atoms with van der Waals surface area (Å²) in [5.41, 5.74) is 6.69. The summed E-state index contributed by atoms with van der Waals surface area (Å²) >= 11 is 0. The maximum atomic E-state index is 13.6. The molecule has 0 aliphatic carbocycles. The second-order valence-electron chi connectivity index (χ2n) is 6.01. The first kappa shape index (κ1) is 17.7. The fourth-order valence-corrected chi connectivity index (χ4v) is 2.37. The van der Waals surface area contributed by atoms with Crippen molar-refractivity contribution in [3.63, 3.8) is 0 Å². The van der Waals surface area contributed by atoms with Crippen molar-refractivity contribution >= 4 is 11.6 Å². The molecule has 0 saturated carbocycles. The van der Waals surface area contributed by atoms with E-state index in [0.29, 0.717) is 22.4 Å². The second kappa shape index (κ2) is 6.88. The molecule has 128 valence electrons. The number of nitrogens with two attached hydrogens (primary N) is 1. The molecule has 0 saturated heterocycles. The number of rotatable bonds is 5. The topological polar surface area (TPSA) is 84.6 Å². The van der Waals surface area contributed by atoms with Crippen LogP contribution < -0.4 is 15.8 Å². The van der Waals surface area contributed by atoms with E-state index in [2.05, 4.69) is 5.32 Å². The lowest BCUT2D eigenvalue weighted by Gasteiger charge is -2.20. The van der Waals surface area contributed by atoms with Gasteiger partial charge in [0.15, 0.2) is 11.6 Å². The Morgan fingerprint density at radius 2 is 2.00 bits per heavy atom. The van der Waals surface area contributed by atoms with E-state index in [0.717, 1.165) is 0 Å². The zero-order chi connectivity index (χ0) is 17.9. The highest BCUT2D eigenvalue weighted by Crippen LogP contribution is 2.26. The molecule has 6 heteroatoms. The predicted molar refractivity (Wildman–Crippen MR) is 90.2 cm³/mol. The number of amides is 1. The van der Waals surface area contributed by atoms with Crippen molar-refractivity contribution in [3.8, 4) is 5.75 Å². The number of ether oxygens (including phenoxy) is 1. The Labute approximate surface area is 140 Å². The smallest absolute Gasteiger partial charge is 0.251 e. The minimum Gasteiger partial charge on any atom is -0.494 e. The molecule has 2 aromatic rings. The van der Waals surface area contributed by atoms with Gasteiger partial charge in [0.1, 0.15) is 0 Å². The monoisotopic (exact) mass is 332 g/mol. The maximum absolute atomic E-state index is 13.6. The van der Waals surface area contributed by atoms with Gasteiger partial charge in [0, 0.05) is 23.4 Å². The number of nitrogens with one attached hydrogen (secondary N) is 1. The van der Waals surface area contributed by atoms with Gasteiger partial charge in [0.2, 0.25) is 0 Å². The molecule has 0 aliphatic heterocycles. The number of methoxy groups -OCH3 is 1. The van der Waals surface area contributed by atoms with Gasteiger partial charge in [-0.3, -0.25) is 4.79 Å². The summed E-state index contributed by atoms with van der Waals surface area (Å²) < 4.78 is 18.5. The average molecular weight is 332 g/mol. The third-order valence-corrected chi connectivity index (χ3v) is 3.64. The van der Waals surface area contributed by atoms with E-state index in [1.165, 1.54) is 25.3 Å². The number of anilines is 1. The van der Waals surface area contributed by atoms with Gasteiger partial charge in [-0.25, -0.2) is 4.39 Å². The van der Waals surface area contributed by atoms with E-state index in [-0.39, 0.29) is 18.2 Å². The molecule has 0 aromatic heterocycles. The number of nitrogen functional groups attached to an aromatic ring is 1. The van der Waals surface area contributed by atoms with Crippen LogP contribution in [0.3, 0.4) is 0 Å². The molecule has 1 amide bonds. The van der Waals surface area contributed by atoms with Gasteiger partial charge < -0.3 is 20.9 Å². The molecular weight excluding hydrogens is 311 g/mol.